The molecule has 2 heterocycles. The quantitative estimate of drug-likeness (QED) is 0.373. The molecule has 0 bridgehead atoms. The van der Waals surface area contributed by atoms with Crippen LogP contribution < -0.4 is 10.6 Å². The minimum atomic E-state index is 0.190. The highest BCUT2D eigenvalue weighted by molar-refractivity contribution is 7.15. The van der Waals surface area contributed by atoms with Crippen LogP contribution in [0.3, 0.4) is 0 Å². The van der Waals surface area contributed by atoms with Gasteiger partial charge in [0, 0.05) is 36.0 Å². The first-order chi connectivity index (χ1) is 15.6. The molecular weight excluding hydrogens is 420 g/mol. The number of hydrogen-bond acceptors (Lipinski definition) is 8. The zero-order valence-corrected chi connectivity index (χ0v) is 18.8. The van der Waals surface area contributed by atoms with Crippen LogP contribution in [-0.2, 0) is 24.1 Å². The van der Waals surface area contributed by atoms with E-state index >= 15 is 0 Å². The molecule has 0 atom stereocenters. The molecule has 0 aliphatic carbocycles. The predicted molar refractivity (Wildman–Crippen MR) is 128 cm³/mol. The third-order valence-electron chi connectivity index (χ3n) is 4.69. The molecular formula is C24H24N6OS. The zero-order valence-electron chi connectivity index (χ0n) is 18.0. The van der Waals surface area contributed by atoms with Gasteiger partial charge in [-0.2, -0.15) is 15.0 Å². The number of rotatable bonds is 9. The minimum Gasteiger partial charge on any atom is -0.324 e. The fourth-order valence-corrected chi connectivity index (χ4v) is 3.80. The molecule has 162 valence electrons. The summed E-state index contributed by atoms with van der Waals surface area (Å²) < 4.78 is 0. The fourth-order valence-electron chi connectivity index (χ4n) is 3.15. The first kappa shape index (κ1) is 21.6. The second-order valence-electron chi connectivity index (χ2n) is 7.35. The highest BCUT2D eigenvalue weighted by Crippen LogP contribution is 2.21. The largest absolute Gasteiger partial charge is 0.324 e. The summed E-state index contributed by atoms with van der Waals surface area (Å²) in [5, 5.41) is 7.11. The van der Waals surface area contributed by atoms with Gasteiger partial charge in [0.05, 0.1) is 0 Å². The van der Waals surface area contributed by atoms with Crippen LogP contribution in [-0.4, -0.2) is 25.7 Å². The van der Waals surface area contributed by atoms with Crippen molar-refractivity contribution in [3.63, 3.8) is 0 Å². The standard InChI is InChI=1S/C24H24N6OS/c1-3-21-27-22(29-23(28-21)30-24-25-15-16(2)32-24)26-19-11-9-18(10-12-19)14-20(31)13-17-7-5-4-6-8-17/h4-12,15H,3,13-14H2,1-2H3,(H2,25,26,27,28,29,30). The smallest absolute Gasteiger partial charge is 0.234 e. The number of aromatic nitrogens is 4. The summed E-state index contributed by atoms with van der Waals surface area (Å²) in [4.78, 5) is 31.1. The van der Waals surface area contributed by atoms with Crippen molar-refractivity contribution in [2.45, 2.75) is 33.1 Å². The van der Waals surface area contributed by atoms with Crippen molar-refractivity contribution >= 4 is 39.8 Å². The lowest BCUT2D eigenvalue weighted by Crippen LogP contribution is -2.07. The van der Waals surface area contributed by atoms with Gasteiger partial charge >= 0.3 is 0 Å². The molecule has 32 heavy (non-hydrogen) atoms. The molecule has 2 aromatic carbocycles. The van der Waals surface area contributed by atoms with Gasteiger partial charge < -0.3 is 5.32 Å². The topological polar surface area (TPSA) is 92.7 Å². The van der Waals surface area contributed by atoms with E-state index in [1.807, 2.05) is 68.4 Å². The number of carbonyl (C=O) groups is 1. The molecule has 0 spiro atoms. The van der Waals surface area contributed by atoms with E-state index in [1.165, 1.54) is 0 Å². The summed E-state index contributed by atoms with van der Waals surface area (Å²) in [5.41, 5.74) is 2.85. The van der Waals surface area contributed by atoms with Crippen molar-refractivity contribution in [3.05, 3.63) is 82.6 Å². The predicted octanol–water partition coefficient (Wildman–Crippen LogP) is 5.04. The van der Waals surface area contributed by atoms with E-state index in [0.717, 1.165) is 26.8 Å². The van der Waals surface area contributed by atoms with E-state index < -0.39 is 0 Å². The summed E-state index contributed by atoms with van der Waals surface area (Å²) in [7, 11) is 0. The van der Waals surface area contributed by atoms with E-state index in [0.29, 0.717) is 37.0 Å². The molecule has 0 amide bonds. The second kappa shape index (κ2) is 10.1. The van der Waals surface area contributed by atoms with Crippen LogP contribution in [0.4, 0.5) is 22.7 Å². The molecule has 0 aliphatic rings. The van der Waals surface area contributed by atoms with Gasteiger partial charge in [0.2, 0.25) is 11.9 Å². The lowest BCUT2D eigenvalue weighted by Gasteiger charge is -2.09. The highest BCUT2D eigenvalue weighted by Gasteiger charge is 2.09. The Labute approximate surface area is 191 Å². The van der Waals surface area contributed by atoms with Crippen LogP contribution in [0.1, 0.15) is 28.8 Å². The SMILES string of the molecule is CCc1nc(Nc2ccc(CC(=O)Cc3ccccc3)cc2)nc(Nc2ncc(C)s2)n1. The van der Waals surface area contributed by atoms with Crippen molar-refractivity contribution < 1.29 is 4.79 Å². The Morgan fingerprint density at radius 1 is 0.875 bits per heavy atom. The second-order valence-corrected chi connectivity index (χ2v) is 8.59. The number of Topliss-reactive ketones (excluding diaryl/α,β-unsaturated/α-hetero) is 1. The summed E-state index contributed by atoms with van der Waals surface area (Å²) >= 11 is 1.54. The number of nitrogens with one attached hydrogen (secondary N) is 2. The Hall–Kier alpha value is -3.65. The van der Waals surface area contributed by atoms with Gasteiger partial charge in [-0.15, -0.1) is 11.3 Å². The van der Waals surface area contributed by atoms with Crippen LogP contribution >= 0.6 is 11.3 Å². The van der Waals surface area contributed by atoms with Crippen LogP contribution in [0.15, 0.2) is 60.8 Å². The third kappa shape index (κ3) is 5.95. The molecule has 0 fully saturated rings. The maximum atomic E-state index is 12.4. The molecule has 2 aromatic heterocycles. The zero-order chi connectivity index (χ0) is 22.3. The van der Waals surface area contributed by atoms with Crippen LogP contribution in [0, 0.1) is 6.92 Å². The molecule has 0 radical (unpaired) electrons. The molecule has 0 saturated heterocycles. The van der Waals surface area contributed by atoms with Crippen molar-refractivity contribution in [1.29, 1.82) is 0 Å². The van der Waals surface area contributed by atoms with E-state index in [-0.39, 0.29) is 5.78 Å². The van der Waals surface area contributed by atoms with Gasteiger partial charge in [0.1, 0.15) is 11.6 Å². The number of hydrogen-bond donors (Lipinski definition) is 2. The van der Waals surface area contributed by atoms with Gasteiger partial charge in [-0.3, -0.25) is 10.1 Å². The molecule has 7 nitrogen and oxygen atoms in total. The molecule has 4 aromatic rings. The third-order valence-corrected chi connectivity index (χ3v) is 5.52. The van der Waals surface area contributed by atoms with Gasteiger partial charge in [-0.25, -0.2) is 4.98 Å². The maximum absolute atomic E-state index is 12.4. The average molecular weight is 445 g/mol. The normalized spacial score (nSPS) is 10.7. The number of aryl methyl sites for hydroxylation is 2. The van der Waals surface area contributed by atoms with E-state index in [2.05, 4.69) is 30.6 Å². The molecule has 0 unspecified atom stereocenters. The van der Waals surface area contributed by atoms with Crippen LogP contribution in [0.2, 0.25) is 0 Å². The van der Waals surface area contributed by atoms with E-state index in [9.17, 15) is 4.79 Å². The summed E-state index contributed by atoms with van der Waals surface area (Å²) in [6, 6.07) is 17.6. The van der Waals surface area contributed by atoms with Crippen LogP contribution in [0.25, 0.3) is 0 Å². The molecule has 0 aliphatic heterocycles. The Kier molecular flexibility index (Phi) is 6.81. The number of anilines is 4. The Morgan fingerprint density at radius 2 is 1.53 bits per heavy atom. The summed E-state index contributed by atoms with van der Waals surface area (Å²) in [6.45, 7) is 4.00. The summed E-state index contributed by atoms with van der Waals surface area (Å²) in [6.07, 6.45) is 3.34. The van der Waals surface area contributed by atoms with Crippen LogP contribution in [0.5, 0.6) is 0 Å². The maximum Gasteiger partial charge on any atom is 0.234 e. The lowest BCUT2D eigenvalue weighted by molar-refractivity contribution is -0.117. The van der Waals surface area contributed by atoms with Gasteiger partial charge in [-0.1, -0.05) is 49.4 Å². The number of benzene rings is 2. The molecule has 4 rings (SSSR count). The van der Waals surface area contributed by atoms with E-state index in [4.69, 9.17) is 0 Å². The highest BCUT2D eigenvalue weighted by atomic mass is 32.1. The van der Waals surface area contributed by atoms with Crippen molar-refractivity contribution in [1.82, 2.24) is 19.9 Å². The molecule has 8 heteroatoms. The first-order valence-electron chi connectivity index (χ1n) is 10.4. The minimum absolute atomic E-state index is 0.190. The van der Waals surface area contributed by atoms with Crippen molar-refractivity contribution in [2.24, 2.45) is 0 Å². The number of carbonyl (C=O) groups excluding carboxylic acids is 1. The number of nitrogens with zero attached hydrogens (tertiary/aromatic N) is 4. The van der Waals surface area contributed by atoms with E-state index in [1.54, 1.807) is 17.5 Å². The Bertz CT molecular complexity index is 1190. The van der Waals surface area contributed by atoms with Crippen molar-refractivity contribution in [2.75, 3.05) is 10.6 Å². The average Bonchev–Trinajstić information content (AvgIpc) is 3.20. The summed E-state index contributed by atoms with van der Waals surface area (Å²) in [5.74, 6) is 1.79. The Morgan fingerprint density at radius 3 is 2.16 bits per heavy atom. The Balaban J connectivity index is 1.41. The first-order valence-corrected chi connectivity index (χ1v) is 11.2. The number of ketones is 1. The molecule has 0 saturated carbocycles. The van der Waals surface area contributed by atoms with Crippen molar-refractivity contribution in [3.8, 4) is 0 Å². The lowest BCUT2D eigenvalue weighted by atomic mass is 10.0. The van der Waals surface area contributed by atoms with Gasteiger partial charge in [-0.05, 0) is 30.2 Å². The van der Waals surface area contributed by atoms with Gasteiger partial charge in [0.25, 0.3) is 0 Å². The fraction of sp³-hybridized carbons (Fsp3) is 0.208. The van der Waals surface area contributed by atoms with Gasteiger partial charge in [0.15, 0.2) is 5.13 Å². The molecule has 2 N–H and O–H groups in total. The number of thiazole rings is 1. The monoisotopic (exact) mass is 444 g/mol.